The minimum Gasteiger partial charge on any atom is -0.392 e. The lowest BCUT2D eigenvalue weighted by Gasteiger charge is -2.41. The van der Waals surface area contributed by atoms with Crippen molar-refractivity contribution < 1.29 is 24.2 Å². The topological polar surface area (TPSA) is 110 Å². The largest absolute Gasteiger partial charge is 0.392 e. The quantitative estimate of drug-likeness (QED) is 0.0736. The van der Waals surface area contributed by atoms with Crippen LogP contribution < -0.4 is 10.6 Å². The van der Waals surface area contributed by atoms with Crippen LogP contribution in [0, 0.1) is 5.92 Å². The van der Waals surface area contributed by atoms with Gasteiger partial charge in [0.25, 0.3) is 0 Å². The van der Waals surface area contributed by atoms with Crippen LogP contribution in [-0.2, 0) is 32.2 Å². The van der Waals surface area contributed by atoms with Gasteiger partial charge in [0.15, 0.2) is 10.6 Å². The Balaban J connectivity index is 1.13. The van der Waals surface area contributed by atoms with E-state index in [1.54, 1.807) is 23.1 Å². The highest BCUT2D eigenvalue weighted by Crippen LogP contribution is 2.44. The van der Waals surface area contributed by atoms with Gasteiger partial charge in [0.1, 0.15) is 0 Å². The number of para-hydroxylation sites is 1. The maximum absolute atomic E-state index is 12.6. The van der Waals surface area contributed by atoms with Crippen LogP contribution in [0.25, 0.3) is 21.3 Å². The lowest BCUT2D eigenvalue weighted by atomic mass is 9.91. The fraction of sp³-hybridized carbons (Fsp3) is 0.341. The molecule has 4 atom stereocenters. The summed E-state index contributed by atoms with van der Waals surface area (Å²) in [5, 5.41) is 15.5. The van der Waals surface area contributed by atoms with E-state index in [-0.39, 0.29) is 36.5 Å². The van der Waals surface area contributed by atoms with E-state index in [4.69, 9.17) is 14.5 Å². The summed E-state index contributed by atoms with van der Waals surface area (Å²) in [5.41, 5.74) is 7.02. The minimum absolute atomic E-state index is 0.00149. The number of fused-ring (bicyclic) bond motifs is 1. The lowest BCUT2D eigenvalue weighted by Crippen LogP contribution is -2.38. The molecule has 0 spiro atoms. The van der Waals surface area contributed by atoms with E-state index in [0.717, 1.165) is 68.3 Å². The number of ether oxygens (including phenoxy) is 2. The zero-order chi connectivity index (χ0) is 35.6. The number of benzene rings is 4. The van der Waals surface area contributed by atoms with Crippen molar-refractivity contribution in [1.29, 1.82) is 0 Å². The molecule has 0 bridgehead atoms. The number of hydrogen-bond acceptors (Lipinski definition) is 8. The molecular weight excluding hydrogens is 679 g/mol. The summed E-state index contributed by atoms with van der Waals surface area (Å²) in [7, 11) is 0. The van der Waals surface area contributed by atoms with E-state index in [1.807, 2.05) is 60.7 Å². The molecule has 1 aliphatic rings. The third-order valence-electron chi connectivity index (χ3n) is 9.21. The lowest BCUT2D eigenvalue weighted by molar-refractivity contribution is -0.268. The van der Waals surface area contributed by atoms with Crippen molar-refractivity contribution in [2.45, 2.75) is 75.5 Å². The third-order valence-corrected chi connectivity index (χ3v) is 11.5. The molecule has 1 saturated heterocycles. The highest BCUT2D eigenvalue weighted by Gasteiger charge is 2.38. The molecule has 1 fully saturated rings. The zero-order valence-corrected chi connectivity index (χ0v) is 30.7. The Labute approximate surface area is 308 Å². The van der Waals surface area contributed by atoms with Crippen molar-refractivity contribution in [2.24, 2.45) is 5.92 Å². The number of carbonyl (C=O) groups is 2. The normalized spacial score (nSPS) is 18.8. The number of unbranched alkanes of at least 4 members (excludes halogenated alkanes) is 2. The number of rotatable bonds is 15. The number of carbonyl (C=O) groups excluding carboxylic acids is 2. The highest BCUT2D eigenvalue weighted by atomic mass is 32.2. The first-order chi connectivity index (χ1) is 24.9. The van der Waals surface area contributed by atoms with Crippen molar-refractivity contribution in [1.82, 2.24) is 15.6 Å². The number of thiazole rings is 1. The molecule has 5 aromatic rings. The van der Waals surface area contributed by atoms with Gasteiger partial charge in [-0.3, -0.25) is 9.59 Å². The van der Waals surface area contributed by atoms with Crippen molar-refractivity contribution in [3.63, 3.8) is 0 Å². The second kappa shape index (κ2) is 17.9. The van der Waals surface area contributed by atoms with E-state index >= 15 is 0 Å². The first kappa shape index (κ1) is 36.7. The van der Waals surface area contributed by atoms with Gasteiger partial charge in [-0.1, -0.05) is 110 Å². The molecule has 2 heterocycles. The molecule has 51 heavy (non-hydrogen) atoms. The predicted octanol–water partition coefficient (Wildman–Crippen LogP) is 8.35. The van der Waals surface area contributed by atoms with Gasteiger partial charge >= 0.3 is 0 Å². The number of nitrogens with one attached hydrogen (secondary N) is 2. The van der Waals surface area contributed by atoms with Crippen LogP contribution in [-0.4, -0.2) is 40.3 Å². The van der Waals surface area contributed by atoms with Gasteiger partial charge in [-0.2, -0.15) is 0 Å². The van der Waals surface area contributed by atoms with Crippen LogP contribution in [0.15, 0.2) is 101 Å². The van der Waals surface area contributed by atoms with Crippen LogP contribution in [0.4, 0.5) is 0 Å². The molecule has 1 aromatic heterocycles. The molecule has 266 valence electrons. The maximum Gasteiger partial charge on any atom is 0.220 e. The van der Waals surface area contributed by atoms with Gasteiger partial charge in [-0.05, 0) is 52.8 Å². The summed E-state index contributed by atoms with van der Waals surface area (Å²) in [6, 6.07) is 32.6. The molecule has 8 nitrogen and oxygen atoms in total. The molecule has 1 aliphatic heterocycles. The average Bonchev–Trinajstić information content (AvgIpc) is 3.58. The smallest absolute Gasteiger partial charge is 0.220 e. The molecule has 6 rings (SSSR count). The average molecular weight is 724 g/mol. The molecule has 4 aromatic carbocycles. The van der Waals surface area contributed by atoms with E-state index in [9.17, 15) is 14.7 Å². The summed E-state index contributed by atoms with van der Waals surface area (Å²) < 4.78 is 15.6. The first-order valence-corrected chi connectivity index (χ1v) is 19.4. The SMILES string of the molecule is CC(=O)NCCCCCC(=O)NCc1ccccc1-c1ccc(C2OC(CSc3nc4ccccc4s3)C(C)C(c3ccc(CO)cc3)O2)cc1. The molecule has 0 radical (unpaired) electrons. The summed E-state index contributed by atoms with van der Waals surface area (Å²) >= 11 is 3.43. The number of hydrogen-bond donors (Lipinski definition) is 3. The Hall–Kier alpha value is -4.06. The van der Waals surface area contributed by atoms with Crippen LogP contribution in [0.1, 0.15) is 74.2 Å². The predicted molar refractivity (Wildman–Crippen MR) is 204 cm³/mol. The molecule has 4 unspecified atom stereocenters. The van der Waals surface area contributed by atoms with Gasteiger partial charge in [-0.25, -0.2) is 4.98 Å². The molecular formula is C41H45N3O5S2. The van der Waals surface area contributed by atoms with Gasteiger partial charge in [0.2, 0.25) is 11.8 Å². The van der Waals surface area contributed by atoms with Gasteiger partial charge < -0.3 is 25.2 Å². The van der Waals surface area contributed by atoms with E-state index in [2.05, 4.69) is 54.0 Å². The Bertz CT molecular complexity index is 1860. The van der Waals surface area contributed by atoms with E-state index in [1.165, 1.54) is 11.6 Å². The standard InChI is InChI=1S/C41H45N3O5S2/c1-27-36(26-50-41-44-35-12-7-8-13-37(35)51-41)48-40(49-39(27)31-17-15-29(25-45)16-18-31)32-21-19-30(20-22-32)34-11-6-5-10-33(34)24-43-38(47)14-4-3-9-23-42-28(2)46/h5-8,10-13,15-22,27,36,39-40,45H,3-4,9,14,23-26H2,1-2H3,(H,42,46)(H,43,47). The number of nitrogens with zero attached hydrogens (tertiary/aromatic N) is 1. The Morgan fingerprint density at radius 1 is 0.863 bits per heavy atom. The number of aliphatic hydroxyl groups excluding tert-OH is 1. The van der Waals surface area contributed by atoms with Crippen molar-refractivity contribution in [2.75, 3.05) is 12.3 Å². The first-order valence-electron chi connectivity index (χ1n) is 17.6. The van der Waals surface area contributed by atoms with Crippen LogP contribution >= 0.6 is 23.1 Å². The molecule has 0 aliphatic carbocycles. The number of thioether (sulfide) groups is 1. The second-order valence-corrected chi connectivity index (χ2v) is 15.2. The molecule has 2 amide bonds. The fourth-order valence-electron chi connectivity index (χ4n) is 6.29. The molecule has 10 heteroatoms. The summed E-state index contributed by atoms with van der Waals surface area (Å²) in [4.78, 5) is 28.4. The van der Waals surface area contributed by atoms with Gasteiger partial charge in [0, 0.05) is 43.7 Å². The van der Waals surface area contributed by atoms with Crippen molar-refractivity contribution in [3.8, 4) is 11.1 Å². The number of amides is 2. The Morgan fingerprint density at radius 2 is 1.61 bits per heavy atom. The van der Waals surface area contributed by atoms with E-state index < -0.39 is 6.29 Å². The molecule has 3 N–H and O–H groups in total. The molecule has 0 saturated carbocycles. The summed E-state index contributed by atoms with van der Waals surface area (Å²) in [5.74, 6) is 0.812. The van der Waals surface area contributed by atoms with Gasteiger partial charge in [0.05, 0.1) is 29.0 Å². The van der Waals surface area contributed by atoms with Gasteiger partial charge in [-0.15, -0.1) is 11.3 Å². The van der Waals surface area contributed by atoms with E-state index in [0.29, 0.717) is 19.5 Å². The zero-order valence-electron chi connectivity index (χ0n) is 29.0. The Kier molecular flexibility index (Phi) is 12.9. The van der Waals surface area contributed by atoms with Crippen molar-refractivity contribution in [3.05, 3.63) is 119 Å². The van der Waals surface area contributed by atoms with Crippen LogP contribution in [0.3, 0.4) is 0 Å². The second-order valence-electron chi connectivity index (χ2n) is 12.9. The van der Waals surface area contributed by atoms with Crippen molar-refractivity contribution >= 4 is 45.1 Å². The number of aromatic nitrogens is 1. The number of aliphatic hydroxyl groups is 1. The summed E-state index contributed by atoms with van der Waals surface area (Å²) in [6.07, 6.45) is 2.15. The maximum atomic E-state index is 12.6. The minimum atomic E-state index is -0.563. The Morgan fingerprint density at radius 3 is 2.37 bits per heavy atom. The monoisotopic (exact) mass is 723 g/mol. The summed E-state index contributed by atoms with van der Waals surface area (Å²) in [6.45, 7) is 4.78. The highest BCUT2D eigenvalue weighted by molar-refractivity contribution is 8.01. The fourth-order valence-corrected chi connectivity index (χ4v) is 8.54. The van der Waals surface area contributed by atoms with Crippen LogP contribution in [0.2, 0.25) is 0 Å². The third kappa shape index (κ3) is 9.84. The van der Waals surface area contributed by atoms with Crippen LogP contribution in [0.5, 0.6) is 0 Å².